The van der Waals surface area contributed by atoms with Crippen LogP contribution in [-0.4, -0.2) is 48.9 Å². The SMILES string of the molecule is CC(C)C(=O)N(C)C1C(C)CN(C)CC1C. The van der Waals surface area contributed by atoms with Crippen LogP contribution in [0.15, 0.2) is 0 Å². The molecule has 1 rings (SSSR count). The summed E-state index contributed by atoms with van der Waals surface area (Å²) in [6.45, 7) is 10.6. The Bertz CT molecular complexity index is 240. The molecule has 1 aliphatic rings. The van der Waals surface area contributed by atoms with Crippen molar-refractivity contribution in [2.24, 2.45) is 17.8 Å². The lowest BCUT2D eigenvalue weighted by molar-refractivity contribution is -0.138. The summed E-state index contributed by atoms with van der Waals surface area (Å²) in [7, 11) is 4.12. The number of carbonyl (C=O) groups is 1. The molecule has 3 nitrogen and oxygen atoms in total. The van der Waals surface area contributed by atoms with Gasteiger partial charge in [0.25, 0.3) is 0 Å². The van der Waals surface area contributed by atoms with Crippen molar-refractivity contribution in [1.82, 2.24) is 9.80 Å². The average Bonchev–Trinajstić information content (AvgIpc) is 2.14. The highest BCUT2D eigenvalue weighted by Crippen LogP contribution is 2.26. The quantitative estimate of drug-likeness (QED) is 0.715. The van der Waals surface area contributed by atoms with E-state index in [9.17, 15) is 4.79 Å². The van der Waals surface area contributed by atoms with Crippen molar-refractivity contribution in [2.75, 3.05) is 27.2 Å². The Balaban J connectivity index is 2.74. The van der Waals surface area contributed by atoms with Crippen molar-refractivity contribution in [3.63, 3.8) is 0 Å². The number of amides is 1. The topological polar surface area (TPSA) is 23.6 Å². The fraction of sp³-hybridized carbons (Fsp3) is 0.923. The van der Waals surface area contributed by atoms with Crippen LogP contribution in [0.3, 0.4) is 0 Å². The summed E-state index contributed by atoms with van der Waals surface area (Å²) in [5, 5.41) is 0. The number of rotatable bonds is 2. The molecule has 0 spiro atoms. The van der Waals surface area contributed by atoms with Crippen LogP contribution in [0, 0.1) is 17.8 Å². The Kier molecular flexibility index (Phi) is 4.36. The Labute approximate surface area is 99.8 Å². The van der Waals surface area contributed by atoms with E-state index in [1.54, 1.807) is 0 Å². The molecule has 0 aromatic carbocycles. The van der Waals surface area contributed by atoms with E-state index in [1.165, 1.54) is 0 Å². The molecule has 0 aromatic rings. The third-order valence-corrected chi connectivity index (χ3v) is 3.65. The van der Waals surface area contributed by atoms with Crippen molar-refractivity contribution in [2.45, 2.75) is 33.7 Å². The third kappa shape index (κ3) is 2.76. The van der Waals surface area contributed by atoms with Crippen LogP contribution in [0.1, 0.15) is 27.7 Å². The van der Waals surface area contributed by atoms with E-state index >= 15 is 0 Å². The van der Waals surface area contributed by atoms with E-state index in [0.29, 0.717) is 17.9 Å². The van der Waals surface area contributed by atoms with Gasteiger partial charge in [0, 0.05) is 32.1 Å². The van der Waals surface area contributed by atoms with Gasteiger partial charge in [0.1, 0.15) is 0 Å². The standard InChI is InChI=1S/C13H26N2O/c1-9(2)13(16)15(6)12-10(3)7-14(5)8-11(12)4/h9-12H,7-8H2,1-6H3. The molecule has 0 bridgehead atoms. The van der Waals surface area contributed by atoms with E-state index in [2.05, 4.69) is 25.8 Å². The molecule has 1 fully saturated rings. The van der Waals surface area contributed by atoms with Crippen molar-refractivity contribution in [1.29, 1.82) is 0 Å². The number of hydrogen-bond acceptors (Lipinski definition) is 2. The van der Waals surface area contributed by atoms with Crippen molar-refractivity contribution in [3.05, 3.63) is 0 Å². The molecule has 0 aliphatic carbocycles. The lowest BCUT2D eigenvalue weighted by Gasteiger charge is -2.44. The summed E-state index contributed by atoms with van der Waals surface area (Å²) >= 11 is 0. The molecule has 0 N–H and O–H groups in total. The minimum Gasteiger partial charge on any atom is -0.342 e. The van der Waals surface area contributed by atoms with Crippen molar-refractivity contribution >= 4 is 5.91 Å². The highest BCUT2D eigenvalue weighted by Gasteiger charge is 2.35. The summed E-state index contributed by atoms with van der Waals surface area (Å²) in [5.41, 5.74) is 0. The smallest absolute Gasteiger partial charge is 0.225 e. The fourth-order valence-corrected chi connectivity index (χ4v) is 3.15. The predicted molar refractivity (Wildman–Crippen MR) is 67.2 cm³/mol. The molecule has 0 radical (unpaired) electrons. The summed E-state index contributed by atoms with van der Waals surface area (Å²) in [6.07, 6.45) is 0. The van der Waals surface area contributed by atoms with E-state index < -0.39 is 0 Å². The second kappa shape index (κ2) is 5.17. The highest BCUT2D eigenvalue weighted by molar-refractivity contribution is 5.78. The molecular weight excluding hydrogens is 200 g/mol. The van der Waals surface area contributed by atoms with Crippen molar-refractivity contribution < 1.29 is 4.79 Å². The fourth-order valence-electron chi connectivity index (χ4n) is 3.15. The van der Waals surface area contributed by atoms with E-state index in [-0.39, 0.29) is 11.8 Å². The molecule has 2 atom stereocenters. The number of likely N-dealkylation sites (tertiary alicyclic amines) is 1. The number of nitrogens with zero attached hydrogens (tertiary/aromatic N) is 2. The first-order valence-corrected chi connectivity index (χ1v) is 6.29. The van der Waals surface area contributed by atoms with Gasteiger partial charge in [0.05, 0.1) is 0 Å². The second-order valence-electron chi connectivity index (χ2n) is 5.77. The monoisotopic (exact) mass is 226 g/mol. The van der Waals surface area contributed by atoms with Crippen LogP contribution in [0.2, 0.25) is 0 Å². The maximum atomic E-state index is 12.0. The first-order valence-electron chi connectivity index (χ1n) is 6.29. The molecule has 0 saturated carbocycles. The number of carbonyl (C=O) groups excluding carboxylic acids is 1. The zero-order valence-electron chi connectivity index (χ0n) is 11.5. The van der Waals surface area contributed by atoms with Crippen LogP contribution in [0.4, 0.5) is 0 Å². The molecule has 0 aromatic heterocycles. The summed E-state index contributed by atoms with van der Waals surface area (Å²) in [4.78, 5) is 16.4. The number of piperidine rings is 1. The Morgan fingerprint density at radius 1 is 1.25 bits per heavy atom. The zero-order chi connectivity index (χ0) is 12.5. The number of hydrogen-bond donors (Lipinski definition) is 0. The summed E-state index contributed by atoms with van der Waals surface area (Å²) < 4.78 is 0. The van der Waals surface area contributed by atoms with Gasteiger partial charge in [-0.2, -0.15) is 0 Å². The van der Waals surface area contributed by atoms with Crippen LogP contribution >= 0.6 is 0 Å². The van der Waals surface area contributed by atoms with E-state index in [4.69, 9.17) is 0 Å². The lowest BCUT2D eigenvalue weighted by Crippen LogP contribution is -2.55. The molecule has 94 valence electrons. The van der Waals surface area contributed by atoms with Gasteiger partial charge in [0.2, 0.25) is 5.91 Å². The van der Waals surface area contributed by atoms with Gasteiger partial charge in [-0.05, 0) is 18.9 Å². The molecule has 1 aliphatic heterocycles. The normalized spacial score (nSPS) is 31.8. The molecule has 2 unspecified atom stereocenters. The van der Waals surface area contributed by atoms with Crippen LogP contribution in [0.25, 0.3) is 0 Å². The largest absolute Gasteiger partial charge is 0.342 e. The molecular formula is C13H26N2O. The van der Waals surface area contributed by atoms with Gasteiger partial charge < -0.3 is 9.80 Å². The lowest BCUT2D eigenvalue weighted by atomic mass is 9.84. The summed E-state index contributed by atoms with van der Waals surface area (Å²) in [6, 6.07) is 0.395. The van der Waals surface area contributed by atoms with Crippen LogP contribution < -0.4 is 0 Å². The minimum atomic E-state index is 0.101. The molecule has 1 amide bonds. The maximum absolute atomic E-state index is 12.0. The van der Waals surface area contributed by atoms with Gasteiger partial charge in [-0.3, -0.25) is 4.79 Å². The first-order chi connectivity index (χ1) is 7.34. The highest BCUT2D eigenvalue weighted by atomic mass is 16.2. The second-order valence-corrected chi connectivity index (χ2v) is 5.77. The van der Waals surface area contributed by atoms with Gasteiger partial charge in [-0.1, -0.05) is 27.7 Å². The maximum Gasteiger partial charge on any atom is 0.225 e. The zero-order valence-corrected chi connectivity index (χ0v) is 11.5. The Morgan fingerprint density at radius 3 is 2.06 bits per heavy atom. The average molecular weight is 226 g/mol. The van der Waals surface area contributed by atoms with Gasteiger partial charge in [0.15, 0.2) is 0 Å². The summed E-state index contributed by atoms with van der Waals surface area (Å²) in [5.74, 6) is 1.49. The van der Waals surface area contributed by atoms with Gasteiger partial charge in [-0.25, -0.2) is 0 Å². The van der Waals surface area contributed by atoms with Gasteiger partial charge >= 0.3 is 0 Å². The van der Waals surface area contributed by atoms with Gasteiger partial charge in [-0.15, -0.1) is 0 Å². The molecule has 1 heterocycles. The van der Waals surface area contributed by atoms with Crippen LogP contribution in [0.5, 0.6) is 0 Å². The third-order valence-electron chi connectivity index (χ3n) is 3.65. The van der Waals surface area contributed by atoms with E-state index in [0.717, 1.165) is 13.1 Å². The van der Waals surface area contributed by atoms with Crippen molar-refractivity contribution in [3.8, 4) is 0 Å². The predicted octanol–water partition coefficient (Wildman–Crippen LogP) is 1.69. The molecule has 1 saturated heterocycles. The molecule has 16 heavy (non-hydrogen) atoms. The molecule has 3 heteroatoms. The Morgan fingerprint density at radius 2 is 1.69 bits per heavy atom. The Hall–Kier alpha value is -0.570. The minimum absolute atomic E-state index is 0.101. The van der Waals surface area contributed by atoms with Crippen LogP contribution in [-0.2, 0) is 4.79 Å². The van der Waals surface area contributed by atoms with E-state index in [1.807, 2.05) is 25.8 Å². The first kappa shape index (κ1) is 13.5.